The quantitative estimate of drug-likeness (QED) is 0.561. The minimum absolute atomic E-state index is 0.376. The molecular weight excluding hydrogens is 338 g/mol. The van der Waals surface area contributed by atoms with E-state index in [2.05, 4.69) is 50.9 Å². The Hall–Kier alpha value is -3.09. The standard InChI is InChI=1S/C20H21N7/c1-11-6-5-7-26-10-18(24-20(11)26)16-8-15(16)17-9-19(23-12(2)22-17)27-14(4)21-13(3)25-27/h5-7,9-10,15-16H,8H2,1-4H3/t15-,16?/m1/s1. The highest BCUT2D eigenvalue weighted by Gasteiger charge is 2.42. The third kappa shape index (κ3) is 2.70. The number of rotatable bonds is 3. The van der Waals surface area contributed by atoms with Crippen LogP contribution < -0.4 is 0 Å². The number of hydrogen-bond donors (Lipinski definition) is 0. The minimum Gasteiger partial charge on any atom is -0.307 e. The molecule has 27 heavy (non-hydrogen) atoms. The van der Waals surface area contributed by atoms with Gasteiger partial charge in [-0.15, -0.1) is 5.10 Å². The number of aromatic nitrogens is 7. The van der Waals surface area contributed by atoms with Crippen molar-refractivity contribution in [1.82, 2.24) is 34.1 Å². The number of aryl methyl sites for hydroxylation is 4. The monoisotopic (exact) mass is 359 g/mol. The fourth-order valence-corrected chi connectivity index (χ4v) is 3.81. The predicted molar refractivity (Wildman–Crippen MR) is 101 cm³/mol. The van der Waals surface area contributed by atoms with Crippen LogP contribution in [0.3, 0.4) is 0 Å². The Morgan fingerprint density at radius 1 is 0.926 bits per heavy atom. The molecule has 0 spiro atoms. The summed E-state index contributed by atoms with van der Waals surface area (Å²) in [6, 6.07) is 6.19. The van der Waals surface area contributed by atoms with Gasteiger partial charge in [-0.1, -0.05) is 6.07 Å². The van der Waals surface area contributed by atoms with E-state index in [-0.39, 0.29) is 0 Å². The van der Waals surface area contributed by atoms with Gasteiger partial charge in [0.1, 0.15) is 23.1 Å². The third-order valence-electron chi connectivity index (χ3n) is 5.18. The van der Waals surface area contributed by atoms with Crippen molar-refractivity contribution in [2.24, 2.45) is 0 Å². The van der Waals surface area contributed by atoms with Gasteiger partial charge in [0.25, 0.3) is 0 Å². The molecule has 136 valence electrons. The summed E-state index contributed by atoms with van der Waals surface area (Å²) in [6.07, 6.45) is 5.26. The van der Waals surface area contributed by atoms with Gasteiger partial charge in [0.2, 0.25) is 0 Å². The molecule has 0 aromatic carbocycles. The lowest BCUT2D eigenvalue weighted by Gasteiger charge is -2.06. The molecule has 4 aromatic heterocycles. The van der Waals surface area contributed by atoms with Crippen molar-refractivity contribution in [2.75, 3.05) is 0 Å². The van der Waals surface area contributed by atoms with E-state index >= 15 is 0 Å². The molecule has 0 bridgehead atoms. The van der Waals surface area contributed by atoms with E-state index in [1.165, 1.54) is 5.56 Å². The Labute approximate surface area is 157 Å². The zero-order valence-corrected chi connectivity index (χ0v) is 15.9. The van der Waals surface area contributed by atoms with Crippen LogP contribution in [0, 0.1) is 27.7 Å². The highest BCUT2D eigenvalue weighted by Crippen LogP contribution is 2.53. The van der Waals surface area contributed by atoms with Crippen molar-refractivity contribution < 1.29 is 0 Å². The lowest BCUT2D eigenvalue weighted by Crippen LogP contribution is -2.06. The van der Waals surface area contributed by atoms with E-state index in [0.717, 1.165) is 46.7 Å². The molecule has 0 saturated heterocycles. The molecule has 0 radical (unpaired) electrons. The zero-order chi connectivity index (χ0) is 18.7. The van der Waals surface area contributed by atoms with Gasteiger partial charge in [0.05, 0.1) is 11.4 Å². The lowest BCUT2D eigenvalue weighted by molar-refractivity contribution is 0.778. The minimum atomic E-state index is 0.376. The Morgan fingerprint density at radius 3 is 2.48 bits per heavy atom. The Morgan fingerprint density at radius 2 is 1.74 bits per heavy atom. The van der Waals surface area contributed by atoms with Crippen LogP contribution in [0.5, 0.6) is 0 Å². The van der Waals surface area contributed by atoms with E-state index < -0.39 is 0 Å². The molecular formula is C20H21N7. The second-order valence-electron chi connectivity index (χ2n) is 7.35. The summed E-state index contributed by atoms with van der Waals surface area (Å²) in [7, 11) is 0. The average Bonchev–Trinajstić information content (AvgIpc) is 3.18. The first-order chi connectivity index (χ1) is 13.0. The van der Waals surface area contributed by atoms with Gasteiger partial charge in [-0.3, -0.25) is 0 Å². The number of hydrogen-bond acceptors (Lipinski definition) is 5. The summed E-state index contributed by atoms with van der Waals surface area (Å²) >= 11 is 0. The predicted octanol–water partition coefficient (Wildman–Crippen LogP) is 3.21. The average molecular weight is 359 g/mol. The molecule has 1 aliphatic carbocycles. The number of fused-ring (bicyclic) bond motifs is 1. The molecule has 4 aromatic rings. The summed E-state index contributed by atoms with van der Waals surface area (Å²) < 4.78 is 3.90. The first-order valence-corrected chi connectivity index (χ1v) is 9.20. The highest BCUT2D eigenvalue weighted by atomic mass is 15.4. The Kier molecular flexibility index (Phi) is 3.40. The second kappa shape index (κ2) is 5.70. The van der Waals surface area contributed by atoms with Crippen LogP contribution in [-0.4, -0.2) is 34.1 Å². The maximum atomic E-state index is 4.86. The Balaban J connectivity index is 1.49. The van der Waals surface area contributed by atoms with Crippen molar-refractivity contribution in [3.63, 3.8) is 0 Å². The number of pyridine rings is 1. The lowest BCUT2D eigenvalue weighted by atomic mass is 10.2. The van der Waals surface area contributed by atoms with E-state index in [9.17, 15) is 0 Å². The molecule has 4 heterocycles. The SMILES string of the molecule is Cc1nc([C@@H]2CC2c2cn3cccc(C)c3n2)cc(-n2nc(C)nc2C)n1. The molecule has 0 N–H and O–H groups in total. The largest absolute Gasteiger partial charge is 0.307 e. The third-order valence-corrected chi connectivity index (χ3v) is 5.18. The van der Waals surface area contributed by atoms with E-state index in [1.54, 1.807) is 4.68 Å². The summed E-state index contributed by atoms with van der Waals surface area (Å²) in [5, 5.41) is 4.46. The fraction of sp³-hybridized carbons (Fsp3) is 0.350. The van der Waals surface area contributed by atoms with Crippen LogP contribution in [0.25, 0.3) is 11.5 Å². The van der Waals surface area contributed by atoms with Crippen LogP contribution in [0.1, 0.15) is 52.7 Å². The summed E-state index contributed by atoms with van der Waals surface area (Å²) in [4.78, 5) is 18.5. The van der Waals surface area contributed by atoms with Gasteiger partial charge >= 0.3 is 0 Å². The molecule has 1 aliphatic rings. The molecule has 0 aliphatic heterocycles. The highest BCUT2D eigenvalue weighted by molar-refractivity contribution is 5.49. The van der Waals surface area contributed by atoms with E-state index in [0.29, 0.717) is 11.8 Å². The van der Waals surface area contributed by atoms with Crippen molar-refractivity contribution in [2.45, 2.75) is 46.0 Å². The van der Waals surface area contributed by atoms with Crippen molar-refractivity contribution in [1.29, 1.82) is 0 Å². The molecule has 0 amide bonds. The van der Waals surface area contributed by atoms with Crippen LogP contribution in [0.15, 0.2) is 30.6 Å². The van der Waals surface area contributed by atoms with Gasteiger partial charge in [-0.25, -0.2) is 19.9 Å². The first kappa shape index (κ1) is 16.1. The molecule has 1 unspecified atom stereocenters. The number of imidazole rings is 1. The van der Waals surface area contributed by atoms with E-state index in [4.69, 9.17) is 9.97 Å². The summed E-state index contributed by atoms with van der Waals surface area (Å²) in [5.74, 6) is 3.90. The molecule has 1 saturated carbocycles. The molecule has 7 nitrogen and oxygen atoms in total. The zero-order valence-electron chi connectivity index (χ0n) is 15.9. The Bertz CT molecular complexity index is 1170. The van der Waals surface area contributed by atoms with Crippen LogP contribution in [0.2, 0.25) is 0 Å². The number of nitrogens with zero attached hydrogens (tertiary/aromatic N) is 7. The van der Waals surface area contributed by atoms with Crippen LogP contribution >= 0.6 is 0 Å². The molecule has 2 atom stereocenters. The summed E-state index contributed by atoms with van der Waals surface area (Å²) in [5.41, 5.74) is 4.42. The van der Waals surface area contributed by atoms with Gasteiger partial charge in [0.15, 0.2) is 5.82 Å². The van der Waals surface area contributed by atoms with Crippen LogP contribution in [0.4, 0.5) is 0 Å². The molecule has 5 rings (SSSR count). The first-order valence-electron chi connectivity index (χ1n) is 9.20. The van der Waals surface area contributed by atoms with Crippen LogP contribution in [-0.2, 0) is 0 Å². The fourth-order valence-electron chi connectivity index (χ4n) is 3.81. The van der Waals surface area contributed by atoms with Crippen molar-refractivity contribution >= 4 is 5.65 Å². The van der Waals surface area contributed by atoms with Crippen molar-refractivity contribution in [3.8, 4) is 5.82 Å². The normalized spacial score (nSPS) is 19.0. The maximum absolute atomic E-state index is 4.86. The van der Waals surface area contributed by atoms with Gasteiger partial charge in [-0.05, 0) is 45.7 Å². The van der Waals surface area contributed by atoms with Gasteiger partial charge < -0.3 is 4.40 Å². The smallest absolute Gasteiger partial charge is 0.159 e. The van der Waals surface area contributed by atoms with Gasteiger partial charge in [-0.2, -0.15) is 4.68 Å². The second-order valence-corrected chi connectivity index (χ2v) is 7.35. The maximum Gasteiger partial charge on any atom is 0.159 e. The van der Waals surface area contributed by atoms with Gasteiger partial charge in [0, 0.05) is 30.3 Å². The summed E-state index contributed by atoms with van der Waals surface area (Å²) in [6.45, 7) is 7.85. The van der Waals surface area contributed by atoms with Crippen molar-refractivity contribution in [3.05, 3.63) is 65.0 Å². The molecule has 7 heteroatoms. The molecule has 1 fully saturated rings. The topological polar surface area (TPSA) is 73.8 Å². The van der Waals surface area contributed by atoms with E-state index in [1.807, 2.05) is 26.8 Å².